The predicted molar refractivity (Wildman–Crippen MR) is 68.8 cm³/mol. The first-order valence-corrected chi connectivity index (χ1v) is 7.77. The zero-order valence-electron chi connectivity index (χ0n) is 9.19. The summed E-state index contributed by atoms with van der Waals surface area (Å²) in [6.45, 7) is 0. The third kappa shape index (κ3) is 3.13. The second kappa shape index (κ2) is 5.03. The van der Waals surface area contributed by atoms with E-state index in [2.05, 4.69) is 10.3 Å². The summed E-state index contributed by atoms with van der Waals surface area (Å²) in [5.74, 6) is -0.311. The maximum absolute atomic E-state index is 11.8. The van der Waals surface area contributed by atoms with E-state index >= 15 is 0 Å². The van der Waals surface area contributed by atoms with Crippen molar-refractivity contribution in [2.75, 3.05) is 11.5 Å². The number of rotatable bonds is 2. The minimum atomic E-state index is -3.02. The average molecular weight is 309 g/mol. The van der Waals surface area contributed by atoms with E-state index in [1.54, 1.807) is 0 Å². The Kier molecular flexibility index (Phi) is 3.79. The molecule has 1 fully saturated rings. The number of hydrogen-bond donors (Lipinski definition) is 1. The monoisotopic (exact) mass is 308 g/mol. The van der Waals surface area contributed by atoms with E-state index in [-0.39, 0.29) is 33.3 Å². The highest BCUT2D eigenvalue weighted by Crippen LogP contribution is 2.20. The molecule has 2 heterocycles. The Bertz CT molecular complexity index is 589. The molecule has 1 atom stereocenters. The van der Waals surface area contributed by atoms with E-state index in [1.807, 2.05) is 0 Å². The molecule has 0 saturated carbocycles. The fourth-order valence-electron chi connectivity index (χ4n) is 1.72. The molecule has 98 valence electrons. The number of nitrogens with one attached hydrogen (secondary N) is 1. The van der Waals surface area contributed by atoms with Crippen LogP contribution in [0.2, 0.25) is 10.2 Å². The highest BCUT2D eigenvalue weighted by molar-refractivity contribution is 7.91. The van der Waals surface area contributed by atoms with Crippen LogP contribution >= 0.6 is 23.2 Å². The molecule has 1 aliphatic rings. The fourth-order valence-corrected chi connectivity index (χ4v) is 3.67. The van der Waals surface area contributed by atoms with Gasteiger partial charge in [0.25, 0.3) is 5.91 Å². The topological polar surface area (TPSA) is 76.1 Å². The van der Waals surface area contributed by atoms with Crippen molar-refractivity contribution in [3.05, 3.63) is 28.0 Å². The predicted octanol–water partition coefficient (Wildman–Crippen LogP) is 1.31. The molecule has 8 heteroatoms. The lowest BCUT2D eigenvalue weighted by molar-refractivity contribution is 0.0941. The van der Waals surface area contributed by atoms with Crippen molar-refractivity contribution in [1.82, 2.24) is 10.3 Å². The van der Waals surface area contributed by atoms with Crippen molar-refractivity contribution in [1.29, 1.82) is 0 Å². The van der Waals surface area contributed by atoms with E-state index in [0.29, 0.717) is 6.42 Å². The number of pyridine rings is 1. The second-order valence-electron chi connectivity index (χ2n) is 4.07. The maximum atomic E-state index is 11.8. The maximum Gasteiger partial charge on any atom is 0.253 e. The number of hydrogen-bond acceptors (Lipinski definition) is 4. The van der Waals surface area contributed by atoms with Gasteiger partial charge in [0.05, 0.1) is 22.1 Å². The number of carbonyl (C=O) groups is 1. The Morgan fingerprint density at radius 3 is 2.72 bits per heavy atom. The van der Waals surface area contributed by atoms with Crippen molar-refractivity contribution in [3.8, 4) is 0 Å². The number of halogens is 2. The molecule has 1 saturated heterocycles. The Labute approximate surface area is 114 Å². The van der Waals surface area contributed by atoms with Gasteiger partial charge < -0.3 is 5.32 Å². The third-order valence-electron chi connectivity index (χ3n) is 2.63. The average Bonchev–Trinajstić information content (AvgIpc) is 2.62. The fraction of sp³-hybridized carbons (Fsp3) is 0.400. The molecule has 0 aliphatic carbocycles. The normalized spacial score (nSPS) is 21.8. The van der Waals surface area contributed by atoms with Crippen LogP contribution in [0.15, 0.2) is 12.3 Å². The van der Waals surface area contributed by atoms with Crippen LogP contribution in [-0.4, -0.2) is 36.9 Å². The number of sulfone groups is 1. The minimum Gasteiger partial charge on any atom is -0.348 e. The second-order valence-corrected chi connectivity index (χ2v) is 7.06. The summed E-state index contributed by atoms with van der Waals surface area (Å²) < 4.78 is 22.5. The third-order valence-corrected chi connectivity index (χ3v) is 5.08. The van der Waals surface area contributed by atoms with Gasteiger partial charge in [-0.1, -0.05) is 23.2 Å². The van der Waals surface area contributed by atoms with Crippen molar-refractivity contribution in [2.45, 2.75) is 12.5 Å². The Morgan fingerprint density at radius 2 is 2.17 bits per heavy atom. The van der Waals surface area contributed by atoms with E-state index in [1.165, 1.54) is 12.3 Å². The van der Waals surface area contributed by atoms with E-state index in [9.17, 15) is 13.2 Å². The molecule has 0 aromatic carbocycles. The molecule has 2 rings (SSSR count). The Morgan fingerprint density at radius 1 is 1.44 bits per heavy atom. The molecule has 1 aromatic rings. The van der Waals surface area contributed by atoms with Gasteiger partial charge in [-0.25, -0.2) is 13.4 Å². The van der Waals surface area contributed by atoms with Gasteiger partial charge in [0.2, 0.25) is 0 Å². The van der Waals surface area contributed by atoms with Crippen molar-refractivity contribution >= 4 is 38.9 Å². The first-order chi connectivity index (χ1) is 8.37. The minimum absolute atomic E-state index is 0.0203. The van der Waals surface area contributed by atoms with Gasteiger partial charge in [0, 0.05) is 12.2 Å². The van der Waals surface area contributed by atoms with Crippen LogP contribution in [0.3, 0.4) is 0 Å². The van der Waals surface area contributed by atoms with Crippen LogP contribution in [0.5, 0.6) is 0 Å². The van der Waals surface area contributed by atoms with Crippen molar-refractivity contribution in [2.24, 2.45) is 0 Å². The largest absolute Gasteiger partial charge is 0.348 e. The van der Waals surface area contributed by atoms with Crippen molar-refractivity contribution < 1.29 is 13.2 Å². The summed E-state index contributed by atoms with van der Waals surface area (Å²) in [5.41, 5.74) is 0.258. The molecular weight excluding hydrogens is 299 g/mol. The van der Waals surface area contributed by atoms with Crippen LogP contribution in [0, 0.1) is 0 Å². The SMILES string of the molecule is O=C(NC1CCS(=O)(=O)C1)c1cnc(Cl)c(Cl)c1. The first kappa shape index (κ1) is 13.6. The number of nitrogens with zero attached hydrogens (tertiary/aromatic N) is 1. The van der Waals surface area contributed by atoms with Crippen LogP contribution in [0.25, 0.3) is 0 Å². The van der Waals surface area contributed by atoms with E-state index in [0.717, 1.165) is 0 Å². The molecule has 1 amide bonds. The highest BCUT2D eigenvalue weighted by atomic mass is 35.5. The number of carbonyl (C=O) groups excluding carboxylic acids is 1. The van der Waals surface area contributed by atoms with Crippen molar-refractivity contribution in [3.63, 3.8) is 0 Å². The summed E-state index contributed by atoms with van der Waals surface area (Å²) in [7, 11) is -3.02. The first-order valence-electron chi connectivity index (χ1n) is 5.20. The molecule has 0 radical (unpaired) electrons. The molecule has 0 spiro atoms. The Hall–Kier alpha value is -0.850. The van der Waals surface area contributed by atoms with Gasteiger partial charge >= 0.3 is 0 Å². The van der Waals surface area contributed by atoms with Gasteiger partial charge in [-0.2, -0.15) is 0 Å². The number of aromatic nitrogens is 1. The van der Waals surface area contributed by atoms with E-state index < -0.39 is 15.7 Å². The zero-order chi connectivity index (χ0) is 13.3. The standard InChI is InChI=1S/C10H10Cl2N2O3S/c11-8-3-6(4-13-9(8)12)10(15)14-7-1-2-18(16,17)5-7/h3-4,7H,1-2,5H2,(H,14,15). The van der Waals surface area contributed by atoms with Gasteiger partial charge in [-0.3, -0.25) is 4.79 Å². The summed E-state index contributed by atoms with van der Waals surface area (Å²) >= 11 is 11.4. The molecule has 18 heavy (non-hydrogen) atoms. The molecule has 1 aromatic heterocycles. The van der Waals surface area contributed by atoms with Gasteiger partial charge in [-0.05, 0) is 12.5 Å². The smallest absolute Gasteiger partial charge is 0.253 e. The molecule has 1 N–H and O–H groups in total. The van der Waals surface area contributed by atoms with Crippen LogP contribution < -0.4 is 5.32 Å². The quantitative estimate of drug-likeness (QED) is 0.836. The summed E-state index contributed by atoms with van der Waals surface area (Å²) in [5, 5.41) is 2.94. The highest BCUT2D eigenvalue weighted by Gasteiger charge is 2.29. The van der Waals surface area contributed by atoms with Gasteiger partial charge in [0.1, 0.15) is 5.15 Å². The van der Waals surface area contributed by atoms with Crippen LogP contribution in [0.4, 0.5) is 0 Å². The van der Waals surface area contributed by atoms with Crippen LogP contribution in [-0.2, 0) is 9.84 Å². The zero-order valence-corrected chi connectivity index (χ0v) is 11.5. The molecule has 5 nitrogen and oxygen atoms in total. The Balaban J connectivity index is 2.06. The van der Waals surface area contributed by atoms with Gasteiger partial charge in [-0.15, -0.1) is 0 Å². The molecule has 1 unspecified atom stereocenters. The summed E-state index contributed by atoms with van der Waals surface area (Å²) in [4.78, 5) is 15.6. The molecule has 1 aliphatic heterocycles. The lowest BCUT2D eigenvalue weighted by Crippen LogP contribution is -2.35. The summed E-state index contributed by atoms with van der Waals surface area (Å²) in [6.07, 6.45) is 1.73. The molecule has 0 bridgehead atoms. The summed E-state index contributed by atoms with van der Waals surface area (Å²) in [6, 6.07) is 1.05. The number of amides is 1. The lowest BCUT2D eigenvalue weighted by Gasteiger charge is -2.10. The van der Waals surface area contributed by atoms with Crippen LogP contribution in [0.1, 0.15) is 16.8 Å². The van der Waals surface area contributed by atoms with E-state index in [4.69, 9.17) is 23.2 Å². The van der Waals surface area contributed by atoms with Gasteiger partial charge in [0.15, 0.2) is 9.84 Å². The lowest BCUT2D eigenvalue weighted by atomic mass is 10.2. The molecular formula is C10H10Cl2N2O3S.